The van der Waals surface area contributed by atoms with E-state index in [9.17, 15) is 37.8 Å². The average Bonchev–Trinajstić information content (AvgIpc) is 2.75. The maximum absolute atomic E-state index is 13.8. The van der Waals surface area contributed by atoms with Crippen molar-refractivity contribution in [2.24, 2.45) is 0 Å². The van der Waals surface area contributed by atoms with Gasteiger partial charge in [0, 0.05) is 6.54 Å². The van der Waals surface area contributed by atoms with Crippen molar-refractivity contribution in [1.29, 1.82) is 0 Å². The van der Waals surface area contributed by atoms with Crippen LogP contribution in [0, 0.1) is 0 Å². The molecule has 12 heteroatoms. The van der Waals surface area contributed by atoms with Crippen LogP contribution in [-0.2, 0) is 27.7 Å². The number of phenols is 1. The summed E-state index contributed by atoms with van der Waals surface area (Å²) in [5.41, 5.74) is -0.381. The van der Waals surface area contributed by atoms with Crippen LogP contribution < -0.4 is 15.3 Å². The number of aromatic hydroxyl groups is 1. The molecule has 0 saturated carbocycles. The minimum Gasteiger partial charge on any atom is -0.550 e. The lowest BCUT2D eigenvalue weighted by Crippen LogP contribution is -2.24. The van der Waals surface area contributed by atoms with Gasteiger partial charge in [-0.25, -0.2) is 0 Å². The lowest BCUT2D eigenvalue weighted by atomic mass is 9.87. The normalized spacial score (nSPS) is 11.7. The number of carbonyl (C=O) groups excluding carboxylic acids is 1. The summed E-state index contributed by atoms with van der Waals surface area (Å²) in [7, 11) is 3.36. The molecular formula is C26H27F3NO8-. The van der Waals surface area contributed by atoms with Gasteiger partial charge in [0.05, 0.1) is 23.3 Å². The molecule has 38 heavy (non-hydrogen) atoms. The first-order valence-corrected chi connectivity index (χ1v) is 11.2. The lowest BCUT2D eigenvalue weighted by Gasteiger charge is -2.19. The summed E-state index contributed by atoms with van der Waals surface area (Å²) in [6, 6.07) is 8.98. The number of carbonyl (C=O) groups is 2. The largest absolute Gasteiger partial charge is 0.550 e. The van der Waals surface area contributed by atoms with E-state index in [2.05, 4.69) is 0 Å². The monoisotopic (exact) mass is 538 g/mol. The molecule has 0 aliphatic rings. The number of halogens is 3. The highest BCUT2D eigenvalue weighted by molar-refractivity contribution is 5.87. The predicted molar refractivity (Wildman–Crippen MR) is 129 cm³/mol. The summed E-state index contributed by atoms with van der Waals surface area (Å²) < 4.78 is 51.9. The zero-order valence-corrected chi connectivity index (χ0v) is 21.3. The molecule has 0 atom stereocenters. The summed E-state index contributed by atoms with van der Waals surface area (Å²) >= 11 is 0. The highest BCUT2D eigenvalue weighted by Gasteiger charge is 2.41. The van der Waals surface area contributed by atoms with Crippen LogP contribution in [0.5, 0.6) is 17.2 Å². The van der Waals surface area contributed by atoms with Crippen molar-refractivity contribution in [2.45, 2.75) is 45.3 Å². The topological polar surface area (TPSA) is 140 Å². The maximum Gasteiger partial charge on any atom is 0.453 e. The zero-order valence-electron chi connectivity index (χ0n) is 21.3. The van der Waals surface area contributed by atoms with E-state index in [-0.39, 0.29) is 40.0 Å². The number of alkyl halides is 3. The van der Waals surface area contributed by atoms with E-state index < -0.39 is 41.5 Å². The number of fused-ring (bicyclic) bond motifs is 1. The Morgan fingerprint density at radius 3 is 2.05 bits per heavy atom. The average molecular weight is 538 g/mol. The molecule has 0 spiro atoms. The molecule has 0 unspecified atom stereocenters. The standard InChI is InChI=1S/C23H24F3NO4.C3H4O4/c1-22(2,3)13-6-8-14(9-7-13)30-20-18(29)15-10-11-17(28)16(12-27(4)5)19(15)31-21(20)23(24,25)26;4-2(5)1-3(6)7/h6-11,28H,12H2,1-5H3;1H2,(H,4,5)(H,6,7)/p-1. The SMILES string of the molecule is CN(C)Cc1c(O)ccc2c(=O)c(Oc3ccc(C(C)(C)C)cc3)c(C(F)(F)F)oc12.O=C([O-])CC(=O)O. The maximum atomic E-state index is 13.8. The fourth-order valence-electron chi connectivity index (χ4n) is 3.30. The third-order valence-electron chi connectivity index (χ3n) is 5.06. The highest BCUT2D eigenvalue weighted by atomic mass is 19.4. The highest BCUT2D eigenvalue weighted by Crippen LogP contribution is 2.40. The van der Waals surface area contributed by atoms with Crippen LogP contribution in [-0.4, -0.2) is 41.1 Å². The van der Waals surface area contributed by atoms with Crippen LogP contribution in [0.1, 0.15) is 44.1 Å². The molecule has 3 rings (SSSR count). The van der Waals surface area contributed by atoms with Crippen LogP contribution in [0.15, 0.2) is 45.6 Å². The molecule has 0 saturated heterocycles. The summed E-state index contributed by atoms with van der Waals surface area (Å²) in [5, 5.41) is 27.0. The van der Waals surface area contributed by atoms with Gasteiger partial charge in [0.2, 0.25) is 11.2 Å². The van der Waals surface area contributed by atoms with Crippen molar-refractivity contribution in [1.82, 2.24) is 4.90 Å². The number of carboxylic acid groups (broad SMARTS) is 2. The van der Waals surface area contributed by atoms with Crippen LogP contribution in [0.25, 0.3) is 11.0 Å². The number of hydrogen-bond donors (Lipinski definition) is 2. The van der Waals surface area contributed by atoms with Crippen molar-refractivity contribution in [3.8, 4) is 17.2 Å². The Bertz CT molecular complexity index is 1360. The Hall–Kier alpha value is -4.06. The van der Waals surface area contributed by atoms with Gasteiger partial charge >= 0.3 is 12.1 Å². The van der Waals surface area contributed by atoms with E-state index in [4.69, 9.17) is 14.3 Å². The third-order valence-corrected chi connectivity index (χ3v) is 5.06. The number of phenolic OH excluding ortho intramolecular Hbond substituents is 1. The number of hydrogen-bond acceptors (Lipinski definition) is 8. The number of ether oxygens (including phenoxy) is 1. The minimum absolute atomic E-state index is 0.0810. The number of rotatable bonds is 6. The van der Waals surface area contributed by atoms with Crippen molar-refractivity contribution in [3.63, 3.8) is 0 Å². The molecule has 0 bridgehead atoms. The van der Waals surface area contributed by atoms with Crippen LogP contribution in [0.3, 0.4) is 0 Å². The van der Waals surface area contributed by atoms with Gasteiger partial charge in [-0.2, -0.15) is 13.2 Å². The molecule has 9 nitrogen and oxygen atoms in total. The fraction of sp³-hybridized carbons (Fsp3) is 0.346. The molecule has 2 N–H and O–H groups in total. The van der Waals surface area contributed by atoms with E-state index >= 15 is 0 Å². The second kappa shape index (κ2) is 11.5. The number of aliphatic carboxylic acids is 2. The number of carboxylic acids is 2. The van der Waals surface area contributed by atoms with Gasteiger partial charge in [0.1, 0.15) is 17.1 Å². The van der Waals surface area contributed by atoms with E-state index in [0.29, 0.717) is 0 Å². The van der Waals surface area contributed by atoms with Gasteiger partial charge in [-0.1, -0.05) is 32.9 Å². The summed E-state index contributed by atoms with van der Waals surface area (Å²) in [6.45, 7) is 6.09. The molecule has 206 valence electrons. The Morgan fingerprint density at radius 2 is 1.63 bits per heavy atom. The van der Waals surface area contributed by atoms with E-state index in [0.717, 1.165) is 5.56 Å². The fourth-order valence-corrected chi connectivity index (χ4v) is 3.30. The Morgan fingerprint density at radius 1 is 1.05 bits per heavy atom. The molecule has 1 aromatic heterocycles. The van der Waals surface area contributed by atoms with E-state index in [1.54, 1.807) is 31.1 Å². The van der Waals surface area contributed by atoms with E-state index in [1.807, 2.05) is 20.8 Å². The van der Waals surface area contributed by atoms with Gasteiger partial charge in [0.25, 0.3) is 5.76 Å². The molecule has 0 radical (unpaired) electrons. The molecule has 0 aliphatic heterocycles. The number of benzene rings is 2. The van der Waals surface area contributed by atoms with Crippen LogP contribution in [0.2, 0.25) is 0 Å². The lowest BCUT2D eigenvalue weighted by molar-refractivity contribution is -0.305. The third kappa shape index (κ3) is 7.72. The smallest absolute Gasteiger partial charge is 0.453 e. The molecule has 1 heterocycles. The van der Waals surface area contributed by atoms with Crippen molar-refractivity contribution < 1.29 is 47.2 Å². The second-order valence-electron chi connectivity index (χ2n) is 9.58. The van der Waals surface area contributed by atoms with Gasteiger partial charge < -0.3 is 34.2 Å². The first-order chi connectivity index (χ1) is 17.4. The van der Waals surface area contributed by atoms with Gasteiger partial charge in [-0.05, 0) is 49.3 Å². The first-order valence-electron chi connectivity index (χ1n) is 11.2. The molecular weight excluding hydrogens is 511 g/mol. The van der Waals surface area contributed by atoms with Crippen molar-refractivity contribution in [3.05, 3.63) is 63.5 Å². The molecule has 3 aromatic rings. The van der Waals surface area contributed by atoms with Crippen molar-refractivity contribution >= 4 is 22.9 Å². The summed E-state index contributed by atoms with van der Waals surface area (Å²) in [6.07, 6.45) is -5.89. The first kappa shape index (κ1) is 30.2. The Balaban J connectivity index is 0.000000638. The second-order valence-corrected chi connectivity index (χ2v) is 9.58. The van der Waals surface area contributed by atoms with Gasteiger partial charge in [0.15, 0.2) is 0 Å². The molecule has 0 amide bonds. The van der Waals surface area contributed by atoms with Crippen LogP contribution >= 0.6 is 0 Å². The molecule has 2 aromatic carbocycles. The zero-order chi connectivity index (χ0) is 29.0. The summed E-state index contributed by atoms with van der Waals surface area (Å²) in [4.78, 5) is 33.3. The Labute approximate surface area is 215 Å². The summed E-state index contributed by atoms with van der Waals surface area (Å²) in [5.74, 6) is -5.60. The Kier molecular flexibility index (Phi) is 9.17. The van der Waals surface area contributed by atoms with Gasteiger partial charge in [-0.3, -0.25) is 9.59 Å². The quantitative estimate of drug-likeness (QED) is 0.448. The molecule has 0 aliphatic carbocycles. The predicted octanol–water partition coefficient (Wildman–Crippen LogP) is 3.88. The van der Waals surface area contributed by atoms with Gasteiger partial charge in [-0.15, -0.1) is 0 Å². The molecule has 0 fully saturated rings. The van der Waals surface area contributed by atoms with Crippen molar-refractivity contribution in [2.75, 3.05) is 14.1 Å². The minimum atomic E-state index is -4.98. The van der Waals surface area contributed by atoms with E-state index in [1.165, 1.54) is 24.3 Å². The number of nitrogens with zero attached hydrogens (tertiary/aromatic N) is 1. The van der Waals surface area contributed by atoms with Crippen LogP contribution in [0.4, 0.5) is 13.2 Å².